The van der Waals surface area contributed by atoms with Crippen LogP contribution in [0.25, 0.3) is 10.2 Å². The first-order chi connectivity index (χ1) is 16.5. The molecule has 8 heteroatoms. The first-order valence-electron chi connectivity index (χ1n) is 10.9. The van der Waals surface area contributed by atoms with Gasteiger partial charge in [-0.2, -0.15) is 0 Å². The van der Waals surface area contributed by atoms with E-state index in [1.807, 2.05) is 86.6 Å². The Morgan fingerprint density at radius 1 is 1.12 bits per heavy atom. The SMILES string of the molecule is Cc1cc(Nc2nc3ccc(NC(=O)/C=C/CN(C)C)cc3s2)ccc1OCc1ccccn1. The number of anilines is 3. The molecule has 0 aliphatic carbocycles. The van der Waals surface area contributed by atoms with Crippen LogP contribution >= 0.6 is 11.3 Å². The number of likely N-dealkylation sites (N-methyl/N-ethyl adjacent to an activating group) is 1. The van der Waals surface area contributed by atoms with Crippen molar-refractivity contribution in [1.82, 2.24) is 14.9 Å². The number of carbonyl (C=O) groups excluding carboxylic acids is 1. The lowest BCUT2D eigenvalue weighted by atomic mass is 10.2. The number of carbonyl (C=O) groups is 1. The number of ether oxygens (including phenoxy) is 1. The molecule has 4 rings (SSSR count). The number of rotatable bonds is 9. The van der Waals surface area contributed by atoms with Crippen molar-refractivity contribution in [2.24, 2.45) is 0 Å². The van der Waals surface area contributed by atoms with E-state index in [0.717, 1.165) is 43.7 Å². The predicted octanol–water partition coefficient (Wildman–Crippen LogP) is 5.38. The van der Waals surface area contributed by atoms with Crippen LogP contribution < -0.4 is 15.4 Å². The number of hydrogen-bond acceptors (Lipinski definition) is 7. The highest BCUT2D eigenvalue weighted by atomic mass is 32.1. The Labute approximate surface area is 203 Å². The monoisotopic (exact) mass is 473 g/mol. The molecule has 174 valence electrons. The van der Waals surface area contributed by atoms with Crippen LogP contribution in [0.5, 0.6) is 5.75 Å². The molecule has 2 aromatic carbocycles. The van der Waals surface area contributed by atoms with Gasteiger partial charge in [0.05, 0.1) is 15.9 Å². The Morgan fingerprint density at radius 2 is 1.97 bits per heavy atom. The summed E-state index contributed by atoms with van der Waals surface area (Å²) in [6.07, 6.45) is 5.15. The van der Waals surface area contributed by atoms with Gasteiger partial charge in [0.25, 0.3) is 0 Å². The number of aryl methyl sites for hydroxylation is 1. The van der Waals surface area contributed by atoms with Crippen LogP contribution in [0.2, 0.25) is 0 Å². The largest absolute Gasteiger partial charge is 0.487 e. The van der Waals surface area contributed by atoms with Crippen molar-refractivity contribution in [1.29, 1.82) is 0 Å². The molecular weight excluding hydrogens is 446 g/mol. The molecule has 2 N–H and O–H groups in total. The lowest BCUT2D eigenvalue weighted by Crippen LogP contribution is -2.12. The zero-order valence-corrected chi connectivity index (χ0v) is 20.2. The number of thiazole rings is 1. The number of fused-ring (bicyclic) bond motifs is 1. The lowest BCUT2D eigenvalue weighted by molar-refractivity contribution is -0.111. The molecule has 0 saturated carbocycles. The number of aromatic nitrogens is 2. The summed E-state index contributed by atoms with van der Waals surface area (Å²) in [6, 6.07) is 17.4. The van der Waals surface area contributed by atoms with Crippen molar-refractivity contribution < 1.29 is 9.53 Å². The molecule has 4 aromatic rings. The van der Waals surface area contributed by atoms with Crippen molar-refractivity contribution in [3.05, 3.63) is 84.2 Å². The van der Waals surface area contributed by atoms with Crippen molar-refractivity contribution in [3.8, 4) is 5.75 Å². The van der Waals surface area contributed by atoms with Gasteiger partial charge < -0.3 is 20.3 Å². The second kappa shape index (κ2) is 10.9. The summed E-state index contributed by atoms with van der Waals surface area (Å²) < 4.78 is 6.90. The molecule has 0 unspecified atom stereocenters. The summed E-state index contributed by atoms with van der Waals surface area (Å²) in [7, 11) is 3.91. The highest BCUT2D eigenvalue weighted by molar-refractivity contribution is 7.22. The fourth-order valence-electron chi connectivity index (χ4n) is 3.26. The zero-order chi connectivity index (χ0) is 23.9. The maximum atomic E-state index is 12.1. The van der Waals surface area contributed by atoms with Crippen LogP contribution in [0, 0.1) is 6.92 Å². The van der Waals surface area contributed by atoms with Gasteiger partial charge in [-0.05, 0) is 75.1 Å². The minimum Gasteiger partial charge on any atom is -0.487 e. The molecule has 2 heterocycles. The molecule has 2 aromatic heterocycles. The van der Waals surface area contributed by atoms with Crippen LogP contribution in [-0.2, 0) is 11.4 Å². The van der Waals surface area contributed by atoms with E-state index in [9.17, 15) is 4.79 Å². The fraction of sp³-hybridized carbons (Fsp3) is 0.192. The van der Waals surface area contributed by atoms with Gasteiger partial charge in [-0.3, -0.25) is 9.78 Å². The van der Waals surface area contributed by atoms with Crippen LogP contribution in [0.4, 0.5) is 16.5 Å². The third kappa shape index (κ3) is 6.40. The minimum absolute atomic E-state index is 0.148. The van der Waals surface area contributed by atoms with Crippen molar-refractivity contribution >= 4 is 44.0 Å². The summed E-state index contributed by atoms with van der Waals surface area (Å²) in [6.45, 7) is 3.16. The third-order valence-electron chi connectivity index (χ3n) is 4.92. The summed E-state index contributed by atoms with van der Waals surface area (Å²) >= 11 is 1.54. The van der Waals surface area contributed by atoms with Crippen molar-refractivity contribution in [2.75, 3.05) is 31.3 Å². The van der Waals surface area contributed by atoms with Crippen LogP contribution in [0.15, 0.2) is 72.9 Å². The molecule has 0 aliphatic rings. The number of hydrogen-bond donors (Lipinski definition) is 2. The number of benzene rings is 2. The predicted molar refractivity (Wildman–Crippen MR) is 139 cm³/mol. The number of nitrogens with zero attached hydrogens (tertiary/aromatic N) is 3. The van der Waals surface area contributed by atoms with Crippen molar-refractivity contribution in [3.63, 3.8) is 0 Å². The van der Waals surface area contributed by atoms with Crippen LogP contribution in [0.1, 0.15) is 11.3 Å². The molecule has 34 heavy (non-hydrogen) atoms. The highest BCUT2D eigenvalue weighted by Crippen LogP contribution is 2.31. The summed E-state index contributed by atoms with van der Waals surface area (Å²) in [5, 5.41) is 7.05. The van der Waals surface area contributed by atoms with Gasteiger partial charge in [-0.15, -0.1) is 0 Å². The molecule has 0 saturated heterocycles. The van der Waals surface area contributed by atoms with Gasteiger partial charge in [0.1, 0.15) is 12.4 Å². The van der Waals surface area contributed by atoms with Crippen molar-refractivity contribution in [2.45, 2.75) is 13.5 Å². The van der Waals surface area contributed by atoms with Gasteiger partial charge in [0.2, 0.25) is 5.91 Å². The summed E-state index contributed by atoms with van der Waals surface area (Å²) in [5.74, 6) is 0.672. The third-order valence-corrected chi connectivity index (χ3v) is 5.86. The molecule has 0 spiro atoms. The Balaban J connectivity index is 1.39. The normalized spacial score (nSPS) is 11.3. The Hall–Kier alpha value is -3.75. The Morgan fingerprint density at radius 3 is 2.74 bits per heavy atom. The number of amides is 1. The molecule has 7 nitrogen and oxygen atoms in total. The molecule has 0 aliphatic heterocycles. The molecular formula is C26H27N5O2S. The topological polar surface area (TPSA) is 79.4 Å². The molecule has 1 amide bonds. The van der Waals surface area contributed by atoms with E-state index in [1.165, 1.54) is 11.3 Å². The second-order valence-electron chi connectivity index (χ2n) is 8.07. The first kappa shape index (κ1) is 23.4. The maximum absolute atomic E-state index is 12.1. The Kier molecular flexibility index (Phi) is 7.51. The standard InChI is InChI=1S/C26H27N5O2S/c1-18-15-19(10-12-23(18)33-17-21-7-4-5-13-27-21)29-26-30-22-11-9-20(16-24(22)34-26)28-25(32)8-6-14-31(2)3/h4-13,15-16H,14,17H2,1-3H3,(H,28,32)(H,29,30)/b8-6+. The van der Waals surface area contributed by atoms with E-state index >= 15 is 0 Å². The van der Waals surface area contributed by atoms with E-state index in [4.69, 9.17) is 4.74 Å². The average Bonchev–Trinajstić information content (AvgIpc) is 3.20. The highest BCUT2D eigenvalue weighted by Gasteiger charge is 2.08. The molecule has 0 radical (unpaired) electrons. The van der Waals surface area contributed by atoms with Gasteiger partial charge in [0, 0.05) is 30.2 Å². The average molecular weight is 474 g/mol. The first-order valence-corrected chi connectivity index (χ1v) is 11.7. The molecule has 0 atom stereocenters. The Bertz CT molecular complexity index is 1300. The van der Waals surface area contributed by atoms with Gasteiger partial charge in [-0.25, -0.2) is 4.98 Å². The zero-order valence-electron chi connectivity index (χ0n) is 19.4. The van der Waals surface area contributed by atoms with Gasteiger partial charge in [0.15, 0.2) is 5.13 Å². The molecule has 0 bridgehead atoms. The minimum atomic E-state index is -0.148. The second-order valence-corrected chi connectivity index (χ2v) is 9.10. The van der Waals surface area contributed by atoms with Gasteiger partial charge in [-0.1, -0.05) is 23.5 Å². The van der Waals surface area contributed by atoms with E-state index in [-0.39, 0.29) is 5.91 Å². The smallest absolute Gasteiger partial charge is 0.248 e. The van der Waals surface area contributed by atoms with E-state index < -0.39 is 0 Å². The van der Waals surface area contributed by atoms with E-state index in [1.54, 1.807) is 12.3 Å². The van der Waals surface area contributed by atoms with Gasteiger partial charge >= 0.3 is 0 Å². The van der Waals surface area contributed by atoms with Crippen LogP contribution in [-0.4, -0.2) is 41.4 Å². The fourth-order valence-corrected chi connectivity index (χ4v) is 4.18. The number of nitrogens with one attached hydrogen (secondary N) is 2. The summed E-state index contributed by atoms with van der Waals surface area (Å²) in [5.41, 5.74) is 4.46. The molecule has 0 fully saturated rings. The number of pyridine rings is 1. The summed E-state index contributed by atoms with van der Waals surface area (Å²) in [4.78, 5) is 23.0. The van der Waals surface area contributed by atoms with Crippen LogP contribution in [0.3, 0.4) is 0 Å². The van der Waals surface area contributed by atoms with E-state index in [0.29, 0.717) is 13.2 Å². The maximum Gasteiger partial charge on any atom is 0.248 e. The van der Waals surface area contributed by atoms with E-state index in [2.05, 4.69) is 20.6 Å². The lowest BCUT2D eigenvalue weighted by Gasteiger charge is -2.10. The quantitative estimate of drug-likeness (QED) is 0.318.